The van der Waals surface area contributed by atoms with Crippen LogP contribution in [0.5, 0.6) is 0 Å². The molecular weight excluding hydrogens is 316 g/mol. The van der Waals surface area contributed by atoms with Crippen LogP contribution >= 0.6 is 15.9 Å². The summed E-state index contributed by atoms with van der Waals surface area (Å²) in [6.45, 7) is 1.97. The minimum absolute atomic E-state index is 0.0667. The fourth-order valence-electron chi connectivity index (χ4n) is 2.08. The van der Waals surface area contributed by atoms with Crippen LogP contribution in [0.25, 0.3) is 0 Å². The molecule has 0 saturated heterocycles. The molecule has 0 aromatic heterocycles. The van der Waals surface area contributed by atoms with E-state index in [0.717, 1.165) is 15.7 Å². The number of carbonyl (C=O) groups excluding carboxylic acids is 1. The Bertz CT molecular complexity index is 613. The van der Waals surface area contributed by atoms with Crippen LogP contribution in [0.4, 0.5) is 5.69 Å². The molecule has 0 aliphatic carbocycles. The second-order valence-electron chi connectivity index (χ2n) is 4.51. The number of carbonyl (C=O) groups is 1. The van der Waals surface area contributed by atoms with Gasteiger partial charge >= 0.3 is 0 Å². The molecule has 0 heterocycles. The van der Waals surface area contributed by atoms with Crippen molar-refractivity contribution in [3.63, 3.8) is 0 Å². The Morgan fingerprint density at radius 2 is 1.75 bits per heavy atom. The number of benzene rings is 2. The molecule has 2 aromatic rings. The highest BCUT2D eigenvalue weighted by molar-refractivity contribution is 9.10. The van der Waals surface area contributed by atoms with Crippen LogP contribution in [0.3, 0.4) is 0 Å². The largest absolute Gasteiger partial charge is 0.387 e. The van der Waals surface area contributed by atoms with Crippen molar-refractivity contribution in [3.05, 3.63) is 64.1 Å². The number of hydrogen-bond acceptors (Lipinski definition) is 2. The van der Waals surface area contributed by atoms with Gasteiger partial charge in [0, 0.05) is 17.2 Å². The van der Waals surface area contributed by atoms with Gasteiger partial charge in [-0.15, -0.1) is 0 Å². The lowest BCUT2D eigenvalue weighted by molar-refractivity contribution is 0.0940. The van der Waals surface area contributed by atoms with E-state index in [9.17, 15) is 4.79 Å². The Hall–Kier alpha value is -1.81. The first-order chi connectivity index (χ1) is 9.63. The first-order valence-corrected chi connectivity index (χ1v) is 7.25. The molecule has 20 heavy (non-hydrogen) atoms. The Morgan fingerprint density at radius 1 is 1.10 bits per heavy atom. The van der Waals surface area contributed by atoms with Crippen LogP contribution in [0.2, 0.25) is 0 Å². The van der Waals surface area contributed by atoms with Crippen molar-refractivity contribution < 1.29 is 4.79 Å². The molecular formula is C16H17BrN2O. The number of amides is 1. The Balaban J connectivity index is 2.18. The molecule has 0 saturated carbocycles. The summed E-state index contributed by atoms with van der Waals surface area (Å²) in [5, 5.41) is 6.05. The molecule has 4 heteroatoms. The maximum Gasteiger partial charge on any atom is 0.253 e. The van der Waals surface area contributed by atoms with E-state index in [2.05, 4.69) is 26.6 Å². The van der Waals surface area contributed by atoms with Gasteiger partial charge in [-0.1, -0.05) is 46.3 Å². The maximum absolute atomic E-state index is 12.4. The quantitative estimate of drug-likeness (QED) is 0.889. The minimum atomic E-state index is -0.0850. The zero-order valence-corrected chi connectivity index (χ0v) is 13.1. The summed E-state index contributed by atoms with van der Waals surface area (Å²) in [4.78, 5) is 12.4. The first-order valence-electron chi connectivity index (χ1n) is 6.45. The van der Waals surface area contributed by atoms with Gasteiger partial charge in [-0.25, -0.2) is 0 Å². The molecule has 0 spiro atoms. The van der Waals surface area contributed by atoms with Gasteiger partial charge in [0.1, 0.15) is 0 Å². The van der Waals surface area contributed by atoms with Gasteiger partial charge in [-0.2, -0.15) is 0 Å². The SMILES string of the molecule is CNc1ccccc1C(=O)N[C@@H](C)c1ccccc1Br. The van der Waals surface area contributed by atoms with Gasteiger partial charge in [0.25, 0.3) is 5.91 Å². The summed E-state index contributed by atoms with van der Waals surface area (Å²) in [5.41, 5.74) is 2.53. The smallest absolute Gasteiger partial charge is 0.253 e. The normalized spacial score (nSPS) is 11.8. The number of rotatable bonds is 4. The van der Waals surface area contributed by atoms with Crippen molar-refractivity contribution in [2.24, 2.45) is 0 Å². The lowest BCUT2D eigenvalue weighted by Crippen LogP contribution is -2.27. The van der Waals surface area contributed by atoms with E-state index in [1.54, 1.807) is 0 Å². The third kappa shape index (κ3) is 3.20. The highest BCUT2D eigenvalue weighted by Crippen LogP contribution is 2.23. The zero-order valence-electron chi connectivity index (χ0n) is 11.5. The van der Waals surface area contributed by atoms with E-state index in [0.29, 0.717) is 5.56 Å². The number of hydrogen-bond donors (Lipinski definition) is 2. The summed E-state index contributed by atoms with van der Waals surface area (Å²) in [6.07, 6.45) is 0. The van der Waals surface area contributed by atoms with Crippen molar-refractivity contribution in [2.75, 3.05) is 12.4 Å². The van der Waals surface area contributed by atoms with Gasteiger partial charge in [-0.05, 0) is 30.7 Å². The molecule has 2 N–H and O–H groups in total. The van der Waals surface area contributed by atoms with Crippen molar-refractivity contribution >= 4 is 27.5 Å². The lowest BCUT2D eigenvalue weighted by atomic mass is 10.1. The number of nitrogens with one attached hydrogen (secondary N) is 2. The van der Waals surface area contributed by atoms with Crippen molar-refractivity contribution in [2.45, 2.75) is 13.0 Å². The van der Waals surface area contributed by atoms with Crippen LogP contribution in [-0.2, 0) is 0 Å². The van der Waals surface area contributed by atoms with Crippen LogP contribution in [0.15, 0.2) is 53.0 Å². The van der Waals surface area contributed by atoms with Crippen molar-refractivity contribution in [3.8, 4) is 0 Å². The van der Waals surface area contributed by atoms with Crippen LogP contribution in [0, 0.1) is 0 Å². The molecule has 2 aromatic carbocycles. The lowest BCUT2D eigenvalue weighted by Gasteiger charge is -2.17. The third-order valence-corrected chi connectivity index (χ3v) is 3.88. The summed E-state index contributed by atoms with van der Waals surface area (Å²) in [5.74, 6) is -0.0850. The predicted molar refractivity (Wildman–Crippen MR) is 86.0 cm³/mol. The highest BCUT2D eigenvalue weighted by Gasteiger charge is 2.15. The van der Waals surface area contributed by atoms with Crippen LogP contribution < -0.4 is 10.6 Å². The second kappa shape index (κ2) is 6.57. The number of anilines is 1. The molecule has 1 atom stereocenters. The molecule has 104 valence electrons. The van der Waals surface area contributed by atoms with E-state index >= 15 is 0 Å². The summed E-state index contributed by atoms with van der Waals surface area (Å²) in [7, 11) is 1.81. The molecule has 3 nitrogen and oxygen atoms in total. The van der Waals surface area contributed by atoms with E-state index in [-0.39, 0.29) is 11.9 Å². The van der Waals surface area contributed by atoms with Crippen LogP contribution in [-0.4, -0.2) is 13.0 Å². The van der Waals surface area contributed by atoms with Gasteiger partial charge < -0.3 is 10.6 Å². The highest BCUT2D eigenvalue weighted by atomic mass is 79.9. The molecule has 2 rings (SSSR count). The maximum atomic E-state index is 12.4. The molecule has 0 aliphatic rings. The topological polar surface area (TPSA) is 41.1 Å². The van der Waals surface area contributed by atoms with Crippen molar-refractivity contribution in [1.82, 2.24) is 5.32 Å². The molecule has 0 radical (unpaired) electrons. The number of halogens is 1. The van der Waals surface area contributed by atoms with Gasteiger partial charge in [-0.3, -0.25) is 4.79 Å². The summed E-state index contributed by atoms with van der Waals surface area (Å²) >= 11 is 3.51. The zero-order chi connectivity index (χ0) is 14.5. The monoisotopic (exact) mass is 332 g/mol. The summed E-state index contributed by atoms with van der Waals surface area (Å²) < 4.78 is 0.995. The summed E-state index contributed by atoms with van der Waals surface area (Å²) in [6, 6.07) is 15.3. The van der Waals surface area contributed by atoms with E-state index < -0.39 is 0 Å². The Morgan fingerprint density at radius 3 is 2.45 bits per heavy atom. The van der Waals surface area contributed by atoms with Gasteiger partial charge in [0.2, 0.25) is 0 Å². The predicted octanol–water partition coefficient (Wildman–Crippen LogP) is 3.98. The number of para-hydroxylation sites is 1. The van der Waals surface area contributed by atoms with Gasteiger partial charge in [0.05, 0.1) is 11.6 Å². The molecule has 0 bridgehead atoms. The Kier molecular flexibility index (Phi) is 4.79. The van der Waals surface area contributed by atoms with Gasteiger partial charge in [0.15, 0.2) is 0 Å². The van der Waals surface area contributed by atoms with E-state index in [4.69, 9.17) is 0 Å². The first kappa shape index (κ1) is 14.6. The standard InChI is InChI=1S/C16H17BrN2O/c1-11(12-7-3-5-9-14(12)17)19-16(20)13-8-4-6-10-15(13)18-2/h3-11,18H,1-2H3,(H,19,20)/t11-/m0/s1. The Labute approximate surface area is 127 Å². The fraction of sp³-hybridized carbons (Fsp3) is 0.188. The molecule has 0 unspecified atom stereocenters. The fourth-order valence-corrected chi connectivity index (χ4v) is 2.71. The third-order valence-electron chi connectivity index (χ3n) is 3.16. The second-order valence-corrected chi connectivity index (χ2v) is 5.37. The van der Waals surface area contributed by atoms with Crippen LogP contribution in [0.1, 0.15) is 28.9 Å². The van der Waals surface area contributed by atoms with E-state index in [1.165, 1.54) is 0 Å². The minimum Gasteiger partial charge on any atom is -0.387 e. The molecule has 0 aliphatic heterocycles. The van der Waals surface area contributed by atoms with Crippen molar-refractivity contribution in [1.29, 1.82) is 0 Å². The molecule has 1 amide bonds. The average Bonchev–Trinajstić information content (AvgIpc) is 2.47. The average molecular weight is 333 g/mol. The molecule has 0 fully saturated rings. The van der Waals surface area contributed by atoms with E-state index in [1.807, 2.05) is 62.5 Å².